The smallest absolute Gasteiger partial charge is 0.319 e. The summed E-state index contributed by atoms with van der Waals surface area (Å²) < 4.78 is 4.31. The lowest BCUT2D eigenvalue weighted by molar-refractivity contribution is -0.158. The summed E-state index contributed by atoms with van der Waals surface area (Å²) in [5, 5.41) is 10.5. The Labute approximate surface area is 70.0 Å². The minimum atomic E-state index is -0.703. The van der Waals surface area contributed by atoms with E-state index in [0.717, 1.165) is 6.21 Å². The zero-order chi connectivity index (χ0) is 9.40. The third-order valence-electron chi connectivity index (χ3n) is 1.02. The van der Waals surface area contributed by atoms with E-state index in [1.54, 1.807) is 6.92 Å². The van der Waals surface area contributed by atoms with Gasteiger partial charge in [0.25, 0.3) is 0 Å². The summed E-state index contributed by atoms with van der Waals surface area (Å²) in [6, 6.07) is 0. The summed E-state index contributed by atoms with van der Waals surface area (Å²) in [4.78, 5) is 21.3. The molecule has 1 N–H and O–H groups in total. The summed E-state index contributed by atoms with van der Waals surface area (Å²) in [5.74, 6) is -1.25. The van der Waals surface area contributed by atoms with Gasteiger partial charge in [-0.1, -0.05) is 6.92 Å². The average molecular weight is 173 g/mol. The molecule has 5 heteroatoms. The van der Waals surface area contributed by atoms with Crippen LogP contribution in [0.25, 0.3) is 0 Å². The first-order valence-corrected chi connectivity index (χ1v) is 3.60. The lowest BCUT2D eigenvalue weighted by atomic mass is 10.3. The molecule has 0 aromatic rings. The zero-order valence-electron chi connectivity index (χ0n) is 6.82. The Morgan fingerprint density at radius 1 is 1.50 bits per heavy atom. The largest absolute Gasteiger partial charge is 0.411 e. The molecular formula is C7H11NO4. The molecule has 0 bridgehead atoms. The highest BCUT2D eigenvalue weighted by Crippen LogP contribution is 1.93. The van der Waals surface area contributed by atoms with Gasteiger partial charge in [-0.2, -0.15) is 0 Å². The van der Waals surface area contributed by atoms with Gasteiger partial charge in [0.2, 0.25) is 0 Å². The second-order valence-electron chi connectivity index (χ2n) is 2.10. The minimum Gasteiger partial charge on any atom is -0.411 e. The van der Waals surface area contributed by atoms with Crippen LogP contribution >= 0.6 is 0 Å². The van der Waals surface area contributed by atoms with Gasteiger partial charge < -0.3 is 9.94 Å². The third-order valence-corrected chi connectivity index (χ3v) is 1.02. The van der Waals surface area contributed by atoms with Crippen LogP contribution in [0.4, 0.5) is 0 Å². The summed E-state index contributed by atoms with van der Waals surface area (Å²) >= 11 is 0. The quantitative estimate of drug-likeness (QED) is 0.223. The lowest BCUT2D eigenvalue weighted by Gasteiger charge is -1.97. The van der Waals surface area contributed by atoms with Gasteiger partial charge in [-0.15, -0.1) is 5.16 Å². The number of carbonyl (C=O) groups excluding carboxylic acids is 2. The summed E-state index contributed by atoms with van der Waals surface area (Å²) in [6.07, 6.45) is 1.63. The number of nitrogens with zero attached hydrogens (tertiary/aromatic N) is 1. The maximum Gasteiger partial charge on any atom is 0.319 e. The Hall–Kier alpha value is -1.39. The fourth-order valence-corrected chi connectivity index (χ4v) is 0.539. The van der Waals surface area contributed by atoms with Crippen molar-refractivity contribution in [2.45, 2.75) is 26.2 Å². The highest BCUT2D eigenvalue weighted by Gasteiger charge is 2.07. The van der Waals surface area contributed by atoms with Crippen molar-refractivity contribution < 1.29 is 19.5 Å². The van der Waals surface area contributed by atoms with Crippen molar-refractivity contribution in [3.8, 4) is 0 Å². The van der Waals surface area contributed by atoms with Gasteiger partial charge in [0.1, 0.15) is 0 Å². The van der Waals surface area contributed by atoms with Crippen molar-refractivity contribution in [3.05, 3.63) is 0 Å². The number of oxime groups is 1. The van der Waals surface area contributed by atoms with Gasteiger partial charge in [0, 0.05) is 6.42 Å². The van der Waals surface area contributed by atoms with Crippen LogP contribution in [0.15, 0.2) is 5.16 Å². The molecule has 0 aromatic carbocycles. The van der Waals surface area contributed by atoms with Gasteiger partial charge in [0.15, 0.2) is 0 Å². The van der Waals surface area contributed by atoms with Crippen molar-refractivity contribution in [3.63, 3.8) is 0 Å². The zero-order valence-corrected chi connectivity index (χ0v) is 6.82. The van der Waals surface area contributed by atoms with E-state index in [-0.39, 0.29) is 12.8 Å². The molecule has 0 atom stereocenters. The number of hydrogen-bond donors (Lipinski definition) is 1. The van der Waals surface area contributed by atoms with Crippen LogP contribution in [-0.4, -0.2) is 23.4 Å². The summed E-state index contributed by atoms with van der Waals surface area (Å²) in [7, 11) is 0. The van der Waals surface area contributed by atoms with Crippen LogP contribution in [0.3, 0.4) is 0 Å². The van der Waals surface area contributed by atoms with Crippen molar-refractivity contribution in [1.29, 1.82) is 0 Å². The topological polar surface area (TPSA) is 76.0 Å². The second-order valence-corrected chi connectivity index (χ2v) is 2.10. The molecule has 0 radical (unpaired) electrons. The van der Waals surface area contributed by atoms with E-state index in [4.69, 9.17) is 5.21 Å². The van der Waals surface area contributed by atoms with Crippen LogP contribution in [0.1, 0.15) is 26.2 Å². The molecule has 0 aromatic heterocycles. The molecule has 0 fully saturated rings. The van der Waals surface area contributed by atoms with Gasteiger partial charge in [0.05, 0.1) is 12.6 Å². The summed E-state index contributed by atoms with van der Waals surface area (Å²) in [5.41, 5.74) is 0. The third kappa shape index (κ3) is 5.40. The first kappa shape index (κ1) is 10.6. The Bertz CT molecular complexity index is 188. The van der Waals surface area contributed by atoms with Gasteiger partial charge >= 0.3 is 11.9 Å². The Balaban J connectivity index is 3.61. The fraction of sp³-hybridized carbons (Fsp3) is 0.571. The molecule has 0 aliphatic carbocycles. The molecule has 0 aliphatic heterocycles. The van der Waals surface area contributed by atoms with Crippen molar-refractivity contribution in [1.82, 2.24) is 0 Å². The molecule has 0 unspecified atom stereocenters. The predicted molar refractivity (Wildman–Crippen MR) is 40.9 cm³/mol. The molecule has 5 nitrogen and oxygen atoms in total. The van der Waals surface area contributed by atoms with Gasteiger partial charge in [-0.3, -0.25) is 9.59 Å². The summed E-state index contributed by atoms with van der Waals surface area (Å²) in [6.45, 7) is 1.81. The van der Waals surface area contributed by atoms with E-state index in [2.05, 4.69) is 9.89 Å². The van der Waals surface area contributed by atoms with E-state index in [9.17, 15) is 9.59 Å². The molecule has 0 aliphatic rings. The maximum absolute atomic E-state index is 10.7. The van der Waals surface area contributed by atoms with Crippen molar-refractivity contribution in [2.75, 3.05) is 0 Å². The molecule has 0 heterocycles. The first-order valence-electron chi connectivity index (χ1n) is 3.60. The number of rotatable bonds is 4. The van der Waals surface area contributed by atoms with Crippen molar-refractivity contribution >= 4 is 18.2 Å². The van der Waals surface area contributed by atoms with Crippen LogP contribution in [-0.2, 0) is 14.3 Å². The molecule has 0 saturated carbocycles. The van der Waals surface area contributed by atoms with Crippen LogP contribution < -0.4 is 0 Å². The average Bonchev–Trinajstić information content (AvgIpc) is 2.01. The molecule has 0 saturated heterocycles. The fourth-order valence-electron chi connectivity index (χ4n) is 0.539. The Morgan fingerprint density at radius 3 is 2.67 bits per heavy atom. The second kappa shape index (κ2) is 6.33. The minimum absolute atomic E-state index is 0.189. The lowest BCUT2D eigenvalue weighted by Crippen LogP contribution is -2.11. The maximum atomic E-state index is 10.7. The van der Waals surface area contributed by atoms with Crippen molar-refractivity contribution in [2.24, 2.45) is 5.16 Å². The standard InChI is InChI=1S/C7H11NO4/c1-2-3-6(9)12-7(10)4-5-8-11/h5,11H,2-4H2,1H3. The molecule has 0 rings (SSSR count). The number of ether oxygens (including phenoxy) is 1. The van der Waals surface area contributed by atoms with E-state index >= 15 is 0 Å². The van der Waals surface area contributed by atoms with Crippen LogP contribution in [0.2, 0.25) is 0 Å². The van der Waals surface area contributed by atoms with E-state index in [0.29, 0.717) is 6.42 Å². The van der Waals surface area contributed by atoms with E-state index < -0.39 is 11.9 Å². The Kier molecular flexibility index (Phi) is 5.60. The van der Waals surface area contributed by atoms with Crippen LogP contribution in [0, 0.1) is 0 Å². The van der Waals surface area contributed by atoms with Crippen LogP contribution in [0.5, 0.6) is 0 Å². The Morgan fingerprint density at radius 2 is 2.17 bits per heavy atom. The number of esters is 2. The van der Waals surface area contributed by atoms with E-state index in [1.807, 2.05) is 0 Å². The molecular weight excluding hydrogens is 162 g/mol. The number of hydrogen-bond acceptors (Lipinski definition) is 5. The van der Waals surface area contributed by atoms with E-state index in [1.165, 1.54) is 0 Å². The highest BCUT2D eigenvalue weighted by atomic mass is 16.6. The molecule has 0 amide bonds. The normalized spacial score (nSPS) is 10.1. The molecule has 12 heavy (non-hydrogen) atoms. The molecule has 0 spiro atoms. The predicted octanol–water partition coefficient (Wildman–Crippen LogP) is 0.706. The highest BCUT2D eigenvalue weighted by molar-refractivity contribution is 5.92. The SMILES string of the molecule is CCCC(=O)OC(=O)CC=NO. The first-order chi connectivity index (χ1) is 5.70. The molecule has 68 valence electrons. The van der Waals surface area contributed by atoms with Gasteiger partial charge in [-0.05, 0) is 6.42 Å². The van der Waals surface area contributed by atoms with Gasteiger partial charge in [-0.25, -0.2) is 0 Å². The monoisotopic (exact) mass is 173 g/mol. The number of carbonyl (C=O) groups is 2.